The lowest BCUT2D eigenvalue weighted by Crippen LogP contribution is -2.63. The lowest BCUT2D eigenvalue weighted by Gasteiger charge is -2.41. The van der Waals surface area contributed by atoms with E-state index in [9.17, 15) is 48.3 Å². The first kappa shape index (κ1) is 86.1. The molecule has 28 heteroatoms. The summed E-state index contributed by atoms with van der Waals surface area (Å²) in [5.74, 6) is -10.4. The van der Waals surface area contributed by atoms with Crippen LogP contribution in [0, 0.1) is 35.5 Å². The number of unbranched alkanes of at least 4 members (excludes halogenated alkanes) is 1. The molecule has 2 fully saturated rings. The van der Waals surface area contributed by atoms with Gasteiger partial charge in [-0.3, -0.25) is 52.7 Å². The number of carbonyl (C=O) groups is 12. The first-order chi connectivity index (χ1) is 45.2. The van der Waals surface area contributed by atoms with Gasteiger partial charge in [0.05, 0.1) is 32.0 Å². The fraction of sp³-hybridized carbons (Fsp3) is 0.797. The predicted molar refractivity (Wildman–Crippen MR) is 369 cm³/mol. The third-order valence-corrected chi connectivity index (χ3v) is 18.3. The van der Waals surface area contributed by atoms with Gasteiger partial charge < -0.3 is 80.4 Å². The third kappa shape index (κ3) is 25.1. The molecule has 0 radical (unpaired) electrons. The number of ether oxygens (including phenoxy) is 2. The average molecular weight is 1370 g/mol. The predicted octanol–water partition coefficient (Wildman–Crippen LogP) is 2.45. The standard InChI is InChI=1S/C69H123N13O15/c1-24-26-29-45(13)58(84)57-62(88)73-49(25-2)64(90)75(17)39-53(83)79(21)56(48(16)97-33-28-27-30-70-69(95)82-31-34-96-35-32-82)61(87)74-54(43(9)10)67(93)76(18)50(36-40(3)4)60(86)71-46(14)59(85)72-47(15)63(89)77(19)51(37-41(5)6)65(91)78(20)52(38-42(7)8)66(92)80(22)55(44(11)12)68(94)81(57)23/h24,26,40-52,54-58,84H,25,27-39H2,1-23H3,(H,70,95)(H,71,86)(H,72,85)(H,73,88)(H,74,87)/b26-24+/t45-,46+,47+,48-,49+,50-,51+,52-,54+,55+,56+,57+,58-/m1/s1. The molecule has 0 aromatic heterocycles. The van der Waals surface area contributed by atoms with Crippen molar-refractivity contribution in [2.75, 3.05) is 95.3 Å². The highest BCUT2D eigenvalue weighted by molar-refractivity contribution is 5.99. The molecule has 13 amide bonds. The maximum absolute atomic E-state index is 15.3. The number of aliphatic hydroxyl groups excluding tert-OH is 1. The van der Waals surface area contributed by atoms with E-state index in [4.69, 9.17) is 9.47 Å². The maximum Gasteiger partial charge on any atom is 0.317 e. The van der Waals surface area contributed by atoms with Crippen LogP contribution in [0.25, 0.3) is 0 Å². The Kier molecular flexibility index (Phi) is 36.3. The van der Waals surface area contributed by atoms with Crippen LogP contribution in [0.5, 0.6) is 0 Å². The minimum atomic E-state index is -1.65. The largest absolute Gasteiger partial charge is 0.390 e. The summed E-state index contributed by atoms with van der Waals surface area (Å²) in [7, 11) is 9.75. The highest BCUT2D eigenvalue weighted by atomic mass is 16.5. The number of hydrogen-bond acceptors (Lipinski definition) is 15. The number of allylic oxidation sites excluding steroid dienone is 2. The molecule has 2 aliphatic rings. The second-order valence-electron chi connectivity index (χ2n) is 28.5. The molecule has 0 unspecified atom stereocenters. The van der Waals surface area contributed by atoms with Crippen molar-refractivity contribution >= 4 is 71.0 Å². The topological polar surface area (TPSA) is 330 Å². The minimum absolute atomic E-state index is 0.0243. The Labute approximate surface area is 578 Å². The van der Waals surface area contributed by atoms with Crippen LogP contribution < -0.4 is 26.6 Å². The summed E-state index contributed by atoms with van der Waals surface area (Å²) in [6, 6.07) is -13.3. The molecule has 0 aromatic rings. The number of carbonyl (C=O) groups excluding carboxylic acids is 12. The summed E-state index contributed by atoms with van der Waals surface area (Å²) in [6.07, 6.45) is 2.54. The van der Waals surface area contributed by atoms with Crippen LogP contribution in [0.15, 0.2) is 12.2 Å². The molecule has 2 rings (SSSR count). The van der Waals surface area contributed by atoms with Gasteiger partial charge in [-0.05, 0) is 108 Å². The molecule has 6 N–H and O–H groups in total. The van der Waals surface area contributed by atoms with E-state index < -0.39 is 162 Å². The average Bonchev–Trinajstić information content (AvgIpc) is 0.816. The molecule has 0 aromatic carbocycles. The highest BCUT2D eigenvalue weighted by Crippen LogP contribution is 2.26. The number of rotatable bonds is 20. The van der Waals surface area contributed by atoms with E-state index in [0.717, 1.165) is 14.7 Å². The normalized spacial score (nSPS) is 26.2. The summed E-state index contributed by atoms with van der Waals surface area (Å²) in [5.41, 5.74) is 0. The van der Waals surface area contributed by atoms with Crippen molar-refractivity contribution in [3.63, 3.8) is 0 Å². The third-order valence-electron chi connectivity index (χ3n) is 18.3. The van der Waals surface area contributed by atoms with Crippen LogP contribution in [-0.4, -0.2) is 283 Å². The minimum Gasteiger partial charge on any atom is -0.390 e. The molecule has 0 aliphatic carbocycles. The zero-order valence-corrected chi connectivity index (χ0v) is 62.7. The van der Waals surface area contributed by atoms with Crippen LogP contribution in [0.2, 0.25) is 0 Å². The summed E-state index contributed by atoms with van der Waals surface area (Å²) in [4.78, 5) is 185. The molecule has 2 heterocycles. The molecule has 2 aliphatic heterocycles. The molecule has 28 nitrogen and oxygen atoms in total. The van der Waals surface area contributed by atoms with Crippen molar-refractivity contribution in [3.8, 4) is 0 Å². The van der Waals surface area contributed by atoms with Crippen molar-refractivity contribution in [1.29, 1.82) is 0 Å². The van der Waals surface area contributed by atoms with E-state index in [1.54, 1.807) is 72.4 Å². The number of hydrogen-bond donors (Lipinski definition) is 6. The van der Waals surface area contributed by atoms with Gasteiger partial charge in [0.15, 0.2) is 0 Å². The monoisotopic (exact) mass is 1370 g/mol. The molecular formula is C69H123N13O15. The molecule has 0 spiro atoms. The van der Waals surface area contributed by atoms with Crippen LogP contribution in [0.3, 0.4) is 0 Å². The van der Waals surface area contributed by atoms with Gasteiger partial charge in [0.1, 0.15) is 60.4 Å². The van der Waals surface area contributed by atoms with Gasteiger partial charge in [-0.15, -0.1) is 0 Å². The van der Waals surface area contributed by atoms with E-state index in [0.29, 0.717) is 45.7 Å². The van der Waals surface area contributed by atoms with E-state index in [-0.39, 0.29) is 62.5 Å². The summed E-state index contributed by atoms with van der Waals surface area (Å²) in [5, 5.41) is 26.1. The highest BCUT2D eigenvalue weighted by Gasteiger charge is 2.46. The fourth-order valence-corrected chi connectivity index (χ4v) is 12.1. The Hall–Kier alpha value is -6.94. The zero-order chi connectivity index (χ0) is 74.2. The number of amides is 13. The van der Waals surface area contributed by atoms with Crippen molar-refractivity contribution < 1.29 is 72.1 Å². The Morgan fingerprint density at radius 1 is 0.567 bits per heavy atom. The van der Waals surface area contributed by atoms with Crippen LogP contribution in [0.1, 0.15) is 156 Å². The van der Waals surface area contributed by atoms with E-state index in [1.165, 1.54) is 82.8 Å². The van der Waals surface area contributed by atoms with Gasteiger partial charge >= 0.3 is 6.03 Å². The number of aliphatic hydroxyl groups is 1. The summed E-state index contributed by atoms with van der Waals surface area (Å²) >= 11 is 0. The van der Waals surface area contributed by atoms with Gasteiger partial charge in [0, 0.05) is 75.6 Å². The van der Waals surface area contributed by atoms with Gasteiger partial charge in [0.2, 0.25) is 65.0 Å². The number of urea groups is 1. The second-order valence-corrected chi connectivity index (χ2v) is 28.5. The Bertz CT molecular complexity index is 2670. The molecular weight excluding hydrogens is 1250 g/mol. The smallest absolute Gasteiger partial charge is 0.317 e. The van der Waals surface area contributed by atoms with Gasteiger partial charge in [-0.1, -0.05) is 95.2 Å². The SMILES string of the molecule is C/C=C/C[C@@H](C)[C@@H](O)[C@H]1C(=O)N[C@@H](CC)C(=O)N(C)CC(=O)N(C)[C@@H]([C@@H](C)OCCCCNC(=O)N2CCOCC2)C(=O)N[C@@H](C(C)C)C(=O)N(C)[C@H](CC(C)C)C(=O)N[C@@H](C)C(=O)N[C@@H](C)C(=O)N(C)[C@@H](CC(C)C)C(=O)N(C)[C@H](CC(C)C)C(=O)N(C)[C@@H](C(C)C)C(=O)N1C. The maximum atomic E-state index is 15.3. The summed E-state index contributed by atoms with van der Waals surface area (Å²) < 4.78 is 11.6. The van der Waals surface area contributed by atoms with Crippen molar-refractivity contribution in [2.24, 2.45) is 35.5 Å². The van der Waals surface area contributed by atoms with Gasteiger partial charge in [-0.25, -0.2) is 4.79 Å². The number of nitrogens with one attached hydrogen (secondary N) is 5. The molecule has 13 atom stereocenters. The number of likely N-dealkylation sites (N-methyl/N-ethyl adjacent to an activating group) is 7. The first-order valence-electron chi connectivity index (χ1n) is 34.8. The Morgan fingerprint density at radius 2 is 1.06 bits per heavy atom. The van der Waals surface area contributed by atoms with Crippen LogP contribution >= 0.6 is 0 Å². The molecule has 2 saturated heterocycles. The van der Waals surface area contributed by atoms with Gasteiger partial charge in [0.25, 0.3) is 0 Å². The van der Waals surface area contributed by atoms with Crippen LogP contribution in [-0.2, 0) is 62.2 Å². The van der Waals surface area contributed by atoms with Crippen molar-refractivity contribution in [1.82, 2.24) is 65.8 Å². The number of nitrogens with zero attached hydrogens (tertiary/aromatic N) is 8. The van der Waals surface area contributed by atoms with Crippen molar-refractivity contribution in [2.45, 2.75) is 228 Å². The molecule has 554 valence electrons. The molecule has 0 bridgehead atoms. The Balaban J connectivity index is 2.95. The van der Waals surface area contributed by atoms with E-state index >= 15 is 14.4 Å². The fourth-order valence-electron chi connectivity index (χ4n) is 12.1. The second kappa shape index (κ2) is 40.8. The molecule has 0 saturated carbocycles. The Morgan fingerprint density at radius 3 is 1.58 bits per heavy atom. The van der Waals surface area contributed by atoms with Crippen molar-refractivity contribution in [3.05, 3.63) is 12.2 Å². The lowest BCUT2D eigenvalue weighted by molar-refractivity contribution is -0.157. The van der Waals surface area contributed by atoms with Gasteiger partial charge in [-0.2, -0.15) is 0 Å². The van der Waals surface area contributed by atoms with E-state index in [1.807, 2.05) is 41.5 Å². The zero-order valence-electron chi connectivity index (χ0n) is 62.7. The first-order valence-corrected chi connectivity index (χ1v) is 34.8. The quantitative estimate of drug-likeness (QED) is 0.0754. The lowest BCUT2D eigenvalue weighted by atomic mass is 9.91. The van der Waals surface area contributed by atoms with Crippen LogP contribution in [0.4, 0.5) is 4.79 Å². The van der Waals surface area contributed by atoms with E-state index in [2.05, 4.69) is 26.6 Å². The number of morpholine rings is 1. The summed E-state index contributed by atoms with van der Waals surface area (Å²) in [6.45, 7) is 29.1. The molecule has 97 heavy (non-hydrogen) atoms.